The van der Waals surface area contributed by atoms with Crippen molar-refractivity contribution in [3.8, 4) is 0 Å². The minimum atomic E-state index is -3.02. The summed E-state index contributed by atoms with van der Waals surface area (Å²) in [6.07, 6.45) is 1.67. The van der Waals surface area contributed by atoms with Crippen molar-refractivity contribution < 1.29 is 8.42 Å². The molecule has 0 bridgehead atoms. The molecule has 1 heterocycles. The van der Waals surface area contributed by atoms with Gasteiger partial charge in [0, 0.05) is 36.9 Å². The quantitative estimate of drug-likeness (QED) is 0.857. The van der Waals surface area contributed by atoms with Gasteiger partial charge in [-0.05, 0) is 37.1 Å². The average molecular weight is 301 g/mol. The first-order chi connectivity index (χ1) is 9.07. The molecule has 104 valence electrons. The smallest absolute Gasteiger partial charge is 0.217 e. The molecule has 0 unspecified atom stereocenters. The van der Waals surface area contributed by atoms with Crippen molar-refractivity contribution in [3.05, 3.63) is 29.3 Å². The van der Waals surface area contributed by atoms with Gasteiger partial charge in [-0.3, -0.25) is 0 Å². The lowest BCUT2D eigenvalue weighted by Crippen LogP contribution is -2.49. The Labute approximate surface area is 119 Å². The van der Waals surface area contributed by atoms with Crippen LogP contribution in [0.1, 0.15) is 12.8 Å². The largest absolute Gasteiger partial charge is 0.369 e. The summed E-state index contributed by atoms with van der Waals surface area (Å²) in [4.78, 5) is 2.20. The van der Waals surface area contributed by atoms with Crippen LogP contribution in [0.2, 0.25) is 5.02 Å². The first-order valence-electron chi connectivity index (χ1n) is 6.57. The number of nitrogens with zero attached hydrogens (tertiary/aromatic N) is 2. The van der Waals surface area contributed by atoms with Gasteiger partial charge in [0.2, 0.25) is 10.0 Å². The predicted octanol–water partition coefficient (Wildman–Crippen LogP) is 1.95. The highest BCUT2D eigenvalue weighted by Gasteiger charge is 2.40. The summed E-state index contributed by atoms with van der Waals surface area (Å²) in [6.45, 7) is 2.66. The molecule has 0 spiro atoms. The van der Waals surface area contributed by atoms with Crippen molar-refractivity contribution in [2.24, 2.45) is 0 Å². The SMILES string of the molecule is O=S(=O)(C1CC1)N1CCN(c2ccc(Cl)cc2)CC1. The van der Waals surface area contributed by atoms with Crippen LogP contribution in [0.15, 0.2) is 24.3 Å². The van der Waals surface area contributed by atoms with Crippen molar-refractivity contribution in [1.82, 2.24) is 4.31 Å². The number of anilines is 1. The van der Waals surface area contributed by atoms with Crippen molar-refractivity contribution in [1.29, 1.82) is 0 Å². The molecule has 19 heavy (non-hydrogen) atoms. The first kappa shape index (κ1) is 13.2. The summed E-state index contributed by atoms with van der Waals surface area (Å²) in [5.74, 6) is 0. The van der Waals surface area contributed by atoms with Crippen LogP contribution < -0.4 is 4.90 Å². The van der Waals surface area contributed by atoms with Crippen LogP contribution in [0.4, 0.5) is 5.69 Å². The van der Waals surface area contributed by atoms with E-state index >= 15 is 0 Å². The van der Waals surface area contributed by atoms with Crippen LogP contribution in [-0.4, -0.2) is 44.2 Å². The fourth-order valence-electron chi connectivity index (χ4n) is 2.43. The van der Waals surface area contributed by atoms with Gasteiger partial charge >= 0.3 is 0 Å². The van der Waals surface area contributed by atoms with Gasteiger partial charge in [0.1, 0.15) is 0 Å². The minimum absolute atomic E-state index is 0.102. The lowest BCUT2D eigenvalue weighted by molar-refractivity contribution is 0.384. The van der Waals surface area contributed by atoms with Crippen molar-refractivity contribution in [2.45, 2.75) is 18.1 Å². The maximum Gasteiger partial charge on any atom is 0.217 e. The van der Waals surface area contributed by atoms with Crippen LogP contribution in [0, 0.1) is 0 Å². The van der Waals surface area contributed by atoms with Gasteiger partial charge in [0.25, 0.3) is 0 Å². The normalized spacial score (nSPS) is 21.6. The van der Waals surface area contributed by atoms with Crippen molar-refractivity contribution in [3.63, 3.8) is 0 Å². The Kier molecular flexibility index (Phi) is 3.45. The molecule has 1 aromatic rings. The highest BCUT2D eigenvalue weighted by molar-refractivity contribution is 7.90. The van der Waals surface area contributed by atoms with E-state index in [1.807, 2.05) is 24.3 Å². The van der Waals surface area contributed by atoms with Crippen LogP contribution in [-0.2, 0) is 10.0 Å². The van der Waals surface area contributed by atoms with Gasteiger partial charge < -0.3 is 4.90 Å². The molecule has 2 aliphatic rings. The van der Waals surface area contributed by atoms with E-state index < -0.39 is 10.0 Å². The Bertz CT molecular complexity index is 547. The van der Waals surface area contributed by atoms with Gasteiger partial charge in [-0.1, -0.05) is 11.6 Å². The molecule has 2 fully saturated rings. The monoisotopic (exact) mass is 300 g/mol. The molecular formula is C13H17ClN2O2S. The van der Waals surface area contributed by atoms with E-state index in [4.69, 9.17) is 11.6 Å². The van der Waals surface area contributed by atoms with E-state index in [0.29, 0.717) is 13.1 Å². The van der Waals surface area contributed by atoms with E-state index in [-0.39, 0.29) is 5.25 Å². The maximum absolute atomic E-state index is 12.1. The summed E-state index contributed by atoms with van der Waals surface area (Å²) in [5.41, 5.74) is 1.10. The number of rotatable bonds is 3. The van der Waals surface area contributed by atoms with Crippen LogP contribution in [0.25, 0.3) is 0 Å². The molecule has 3 rings (SSSR count). The molecule has 0 radical (unpaired) electrons. The number of benzene rings is 1. The molecule has 4 nitrogen and oxygen atoms in total. The third kappa shape index (κ3) is 2.73. The maximum atomic E-state index is 12.1. The van der Waals surface area contributed by atoms with Crippen LogP contribution >= 0.6 is 11.6 Å². The zero-order valence-corrected chi connectivity index (χ0v) is 12.2. The number of hydrogen-bond acceptors (Lipinski definition) is 3. The van der Waals surface area contributed by atoms with Crippen LogP contribution in [0.5, 0.6) is 0 Å². The summed E-state index contributed by atoms with van der Waals surface area (Å²) in [5, 5.41) is 0.619. The van der Waals surface area contributed by atoms with E-state index in [9.17, 15) is 8.42 Å². The third-order valence-electron chi connectivity index (χ3n) is 3.74. The fraction of sp³-hybridized carbons (Fsp3) is 0.538. The van der Waals surface area contributed by atoms with Crippen LogP contribution in [0.3, 0.4) is 0 Å². The first-order valence-corrected chi connectivity index (χ1v) is 8.45. The molecule has 1 saturated carbocycles. The average Bonchev–Trinajstić information content (AvgIpc) is 3.24. The third-order valence-corrected chi connectivity index (χ3v) is 6.39. The molecule has 1 saturated heterocycles. The molecule has 0 N–H and O–H groups in total. The van der Waals surface area contributed by atoms with E-state index in [0.717, 1.165) is 36.6 Å². The summed E-state index contributed by atoms with van der Waals surface area (Å²) < 4.78 is 25.9. The number of hydrogen-bond donors (Lipinski definition) is 0. The van der Waals surface area contributed by atoms with Gasteiger partial charge in [-0.25, -0.2) is 8.42 Å². The molecule has 1 aromatic carbocycles. The van der Waals surface area contributed by atoms with Gasteiger partial charge in [-0.15, -0.1) is 0 Å². The highest BCUT2D eigenvalue weighted by atomic mass is 35.5. The summed E-state index contributed by atoms with van der Waals surface area (Å²) in [7, 11) is -3.02. The lowest BCUT2D eigenvalue weighted by atomic mass is 10.2. The molecule has 0 aromatic heterocycles. The Morgan fingerprint density at radius 2 is 1.58 bits per heavy atom. The Balaban J connectivity index is 1.64. The second kappa shape index (κ2) is 4.96. The summed E-state index contributed by atoms with van der Waals surface area (Å²) >= 11 is 5.87. The molecule has 0 atom stereocenters. The van der Waals surface area contributed by atoms with Gasteiger partial charge in [0.15, 0.2) is 0 Å². The molecule has 1 aliphatic carbocycles. The van der Waals surface area contributed by atoms with E-state index in [1.54, 1.807) is 4.31 Å². The fourth-order valence-corrected chi connectivity index (χ4v) is 4.38. The standard InChI is InChI=1S/C13H17ClN2O2S/c14-11-1-3-12(4-2-11)15-7-9-16(10-8-15)19(17,18)13-5-6-13/h1-4,13H,5-10H2. The predicted molar refractivity (Wildman–Crippen MR) is 77.2 cm³/mol. The zero-order chi connectivity index (χ0) is 13.5. The van der Waals surface area contributed by atoms with E-state index in [1.165, 1.54) is 0 Å². The molecular weight excluding hydrogens is 284 g/mol. The Hall–Kier alpha value is -0.780. The molecule has 1 aliphatic heterocycles. The van der Waals surface area contributed by atoms with Gasteiger partial charge in [0.05, 0.1) is 5.25 Å². The molecule has 0 amide bonds. The zero-order valence-electron chi connectivity index (χ0n) is 10.6. The number of halogens is 1. The molecule has 6 heteroatoms. The van der Waals surface area contributed by atoms with Gasteiger partial charge in [-0.2, -0.15) is 4.31 Å². The highest BCUT2D eigenvalue weighted by Crippen LogP contribution is 2.31. The second-order valence-electron chi connectivity index (χ2n) is 5.11. The topological polar surface area (TPSA) is 40.6 Å². The summed E-state index contributed by atoms with van der Waals surface area (Å²) in [6, 6.07) is 7.69. The lowest BCUT2D eigenvalue weighted by Gasteiger charge is -2.35. The Morgan fingerprint density at radius 3 is 2.11 bits per heavy atom. The van der Waals surface area contributed by atoms with E-state index in [2.05, 4.69) is 4.90 Å². The van der Waals surface area contributed by atoms with Crippen molar-refractivity contribution in [2.75, 3.05) is 31.1 Å². The number of sulfonamides is 1. The minimum Gasteiger partial charge on any atom is -0.369 e. The van der Waals surface area contributed by atoms with Crippen molar-refractivity contribution >= 4 is 27.3 Å². The Morgan fingerprint density at radius 1 is 1.00 bits per heavy atom. The number of piperazine rings is 1. The second-order valence-corrected chi connectivity index (χ2v) is 7.76.